The highest BCUT2D eigenvalue weighted by molar-refractivity contribution is 5.98. The zero-order chi connectivity index (χ0) is 19.2. The summed E-state index contributed by atoms with van der Waals surface area (Å²) < 4.78 is 5.30. The number of ketones is 1. The van der Waals surface area contributed by atoms with Crippen LogP contribution in [0.4, 0.5) is 0 Å². The Labute approximate surface area is 157 Å². The molecular formula is C22H32O4. The highest BCUT2D eigenvalue weighted by atomic mass is 16.5. The molecule has 0 aliphatic carbocycles. The third-order valence-corrected chi connectivity index (χ3v) is 4.42. The number of Topliss-reactive ketones (excluding diaryl/α,β-unsaturated/α-hetero) is 1. The summed E-state index contributed by atoms with van der Waals surface area (Å²) in [5.41, 5.74) is 0.758. The van der Waals surface area contributed by atoms with Crippen molar-refractivity contribution in [2.45, 2.75) is 84.5 Å². The number of ether oxygens (including phenoxy) is 1. The van der Waals surface area contributed by atoms with Crippen LogP contribution in [-0.2, 0) is 4.79 Å². The van der Waals surface area contributed by atoms with Gasteiger partial charge in [0.15, 0.2) is 12.1 Å². The molecule has 0 saturated heterocycles. The van der Waals surface area contributed by atoms with E-state index >= 15 is 0 Å². The van der Waals surface area contributed by atoms with Crippen molar-refractivity contribution in [1.82, 2.24) is 0 Å². The van der Waals surface area contributed by atoms with E-state index in [0.717, 1.165) is 44.9 Å². The normalized spacial score (nSPS) is 10.5. The molecule has 0 atom stereocenters. The summed E-state index contributed by atoms with van der Waals surface area (Å²) in [6.45, 7) is 4.27. The lowest BCUT2D eigenvalue weighted by atomic mass is 10.0. The number of benzene rings is 1. The second-order valence-corrected chi connectivity index (χ2v) is 6.74. The zero-order valence-electron chi connectivity index (χ0n) is 16.2. The lowest BCUT2D eigenvalue weighted by molar-refractivity contribution is -0.134. The first kappa shape index (κ1) is 22.1. The van der Waals surface area contributed by atoms with E-state index in [1.165, 1.54) is 18.9 Å². The molecule has 0 radical (unpaired) electrons. The Bertz CT molecular complexity index is 578. The predicted molar refractivity (Wildman–Crippen MR) is 104 cm³/mol. The first-order valence-corrected chi connectivity index (χ1v) is 9.95. The highest BCUT2D eigenvalue weighted by Crippen LogP contribution is 2.21. The Balaban J connectivity index is 2.56. The topological polar surface area (TPSA) is 60.4 Å². The summed E-state index contributed by atoms with van der Waals surface area (Å²) in [5, 5.41) is 0. The molecule has 0 spiro atoms. The molecule has 0 aliphatic heterocycles. The second-order valence-electron chi connectivity index (χ2n) is 6.74. The van der Waals surface area contributed by atoms with Crippen LogP contribution in [0, 0.1) is 0 Å². The van der Waals surface area contributed by atoms with Crippen molar-refractivity contribution in [3.8, 4) is 5.75 Å². The van der Waals surface area contributed by atoms with Crippen LogP contribution in [0.15, 0.2) is 18.2 Å². The van der Waals surface area contributed by atoms with Crippen molar-refractivity contribution in [2.24, 2.45) is 0 Å². The number of hydrogen-bond acceptors (Lipinski definition) is 4. The Morgan fingerprint density at radius 3 is 2.15 bits per heavy atom. The van der Waals surface area contributed by atoms with Gasteiger partial charge in [-0.05, 0) is 31.0 Å². The average molecular weight is 360 g/mol. The quantitative estimate of drug-likeness (QED) is 0.136. The molecule has 144 valence electrons. The van der Waals surface area contributed by atoms with E-state index in [1.54, 1.807) is 12.1 Å². The number of rotatable bonds is 14. The van der Waals surface area contributed by atoms with Gasteiger partial charge in [-0.1, -0.05) is 58.8 Å². The van der Waals surface area contributed by atoms with E-state index in [0.29, 0.717) is 24.7 Å². The van der Waals surface area contributed by atoms with Gasteiger partial charge in [0.25, 0.3) is 0 Å². The molecule has 0 heterocycles. The largest absolute Gasteiger partial charge is 0.426 e. The van der Waals surface area contributed by atoms with Crippen molar-refractivity contribution < 1.29 is 19.1 Å². The fraction of sp³-hybridized carbons (Fsp3) is 0.591. The molecule has 0 N–H and O–H groups in total. The fourth-order valence-corrected chi connectivity index (χ4v) is 2.81. The van der Waals surface area contributed by atoms with Gasteiger partial charge in [-0.15, -0.1) is 0 Å². The van der Waals surface area contributed by atoms with Crippen LogP contribution in [0.5, 0.6) is 5.75 Å². The van der Waals surface area contributed by atoms with Gasteiger partial charge in [0, 0.05) is 18.4 Å². The first-order valence-electron chi connectivity index (χ1n) is 9.95. The molecule has 0 bridgehead atoms. The van der Waals surface area contributed by atoms with Gasteiger partial charge in [-0.2, -0.15) is 0 Å². The number of esters is 1. The van der Waals surface area contributed by atoms with E-state index in [1.807, 2.05) is 0 Å². The van der Waals surface area contributed by atoms with Gasteiger partial charge in [0.05, 0.1) is 5.56 Å². The molecule has 26 heavy (non-hydrogen) atoms. The van der Waals surface area contributed by atoms with Crippen molar-refractivity contribution in [2.75, 3.05) is 0 Å². The van der Waals surface area contributed by atoms with Crippen LogP contribution < -0.4 is 4.74 Å². The third-order valence-electron chi connectivity index (χ3n) is 4.42. The minimum atomic E-state index is -0.334. The van der Waals surface area contributed by atoms with Crippen LogP contribution in [0.2, 0.25) is 0 Å². The Morgan fingerprint density at radius 2 is 1.50 bits per heavy atom. The van der Waals surface area contributed by atoms with E-state index < -0.39 is 0 Å². The maximum Gasteiger partial charge on any atom is 0.311 e. The van der Waals surface area contributed by atoms with Crippen LogP contribution in [-0.4, -0.2) is 18.0 Å². The van der Waals surface area contributed by atoms with Crippen LogP contribution >= 0.6 is 0 Å². The Kier molecular flexibility index (Phi) is 11.3. The second kappa shape index (κ2) is 13.3. The van der Waals surface area contributed by atoms with Crippen molar-refractivity contribution in [1.29, 1.82) is 0 Å². The standard InChI is InChI=1S/C22H32O4/c1-3-5-7-9-10-12-20(24)18-14-15-21(19(16-18)17-23)26-22(25)13-11-8-6-4-2/h14-17H,3-13H2,1-2H3. The molecule has 0 unspecified atom stereocenters. The van der Waals surface area contributed by atoms with Gasteiger partial charge in [-0.3, -0.25) is 14.4 Å². The summed E-state index contributed by atoms with van der Waals surface area (Å²) in [4.78, 5) is 35.5. The van der Waals surface area contributed by atoms with Gasteiger partial charge >= 0.3 is 5.97 Å². The summed E-state index contributed by atoms with van der Waals surface area (Å²) >= 11 is 0. The van der Waals surface area contributed by atoms with Crippen molar-refractivity contribution in [3.05, 3.63) is 29.3 Å². The van der Waals surface area contributed by atoms with E-state index in [4.69, 9.17) is 4.74 Å². The molecule has 0 saturated carbocycles. The number of hydrogen-bond donors (Lipinski definition) is 0. The monoisotopic (exact) mass is 360 g/mol. The summed E-state index contributed by atoms with van der Waals surface area (Å²) in [5.74, 6) is -0.0683. The smallest absolute Gasteiger partial charge is 0.311 e. The van der Waals surface area contributed by atoms with Crippen LogP contribution in [0.3, 0.4) is 0 Å². The number of unbranched alkanes of at least 4 members (excludes halogenated alkanes) is 7. The van der Waals surface area contributed by atoms with E-state index in [2.05, 4.69) is 13.8 Å². The summed E-state index contributed by atoms with van der Waals surface area (Å²) in [6.07, 6.45) is 10.9. The number of carbonyl (C=O) groups is 3. The van der Waals surface area contributed by atoms with Crippen LogP contribution in [0.1, 0.15) is 105 Å². The molecule has 1 aromatic carbocycles. The van der Waals surface area contributed by atoms with Crippen molar-refractivity contribution >= 4 is 18.0 Å². The fourth-order valence-electron chi connectivity index (χ4n) is 2.81. The highest BCUT2D eigenvalue weighted by Gasteiger charge is 2.13. The zero-order valence-corrected chi connectivity index (χ0v) is 16.2. The molecule has 4 heteroatoms. The van der Waals surface area contributed by atoms with E-state index in [-0.39, 0.29) is 23.1 Å². The molecule has 0 aliphatic rings. The number of aldehydes is 1. The number of carbonyl (C=O) groups excluding carboxylic acids is 3. The van der Waals surface area contributed by atoms with Gasteiger partial charge in [-0.25, -0.2) is 0 Å². The van der Waals surface area contributed by atoms with Gasteiger partial charge in [0.1, 0.15) is 5.75 Å². The molecule has 0 amide bonds. The minimum Gasteiger partial charge on any atom is -0.426 e. The lowest BCUT2D eigenvalue weighted by Gasteiger charge is -2.08. The Morgan fingerprint density at radius 1 is 0.885 bits per heavy atom. The third kappa shape index (κ3) is 8.41. The predicted octanol–water partition coefficient (Wildman–Crippen LogP) is 5.92. The lowest BCUT2D eigenvalue weighted by Crippen LogP contribution is -2.10. The average Bonchev–Trinajstić information content (AvgIpc) is 2.65. The van der Waals surface area contributed by atoms with Gasteiger partial charge < -0.3 is 4.74 Å². The molecule has 0 aromatic heterocycles. The molecule has 1 aromatic rings. The Hall–Kier alpha value is -1.97. The molecule has 0 fully saturated rings. The van der Waals surface area contributed by atoms with E-state index in [9.17, 15) is 14.4 Å². The molecular weight excluding hydrogens is 328 g/mol. The van der Waals surface area contributed by atoms with Gasteiger partial charge in [0.2, 0.25) is 0 Å². The maximum atomic E-state index is 12.3. The maximum absolute atomic E-state index is 12.3. The van der Waals surface area contributed by atoms with Crippen LogP contribution in [0.25, 0.3) is 0 Å². The summed E-state index contributed by atoms with van der Waals surface area (Å²) in [6, 6.07) is 4.72. The molecule has 4 nitrogen and oxygen atoms in total. The summed E-state index contributed by atoms with van der Waals surface area (Å²) in [7, 11) is 0. The molecule has 1 rings (SSSR count). The van der Waals surface area contributed by atoms with Crippen molar-refractivity contribution in [3.63, 3.8) is 0 Å². The SMILES string of the molecule is CCCCCCCC(=O)c1ccc(OC(=O)CCCCCC)c(C=O)c1. The first-order chi connectivity index (χ1) is 12.6. The minimum absolute atomic E-state index is 0.0297.